The van der Waals surface area contributed by atoms with Gasteiger partial charge in [0.2, 0.25) is 5.75 Å². The number of pyridine rings is 1. The van der Waals surface area contributed by atoms with Crippen molar-refractivity contribution < 1.29 is 10.0 Å². The second kappa shape index (κ2) is 3.36. The van der Waals surface area contributed by atoms with Gasteiger partial charge in [0.05, 0.1) is 5.88 Å². The van der Waals surface area contributed by atoms with E-state index < -0.39 is 16.5 Å². The SMILES string of the molecule is O=[N+]([O-])c1nccc(CCl)c1O. The molecule has 1 rings (SSSR count). The topological polar surface area (TPSA) is 76.3 Å². The first-order valence-corrected chi connectivity index (χ1v) is 3.57. The Hall–Kier alpha value is -1.36. The van der Waals surface area contributed by atoms with Crippen LogP contribution in [0.3, 0.4) is 0 Å². The molecule has 0 aliphatic carbocycles. The van der Waals surface area contributed by atoms with Gasteiger partial charge in [-0.05, 0) is 16.0 Å². The minimum atomic E-state index is -0.759. The van der Waals surface area contributed by atoms with Gasteiger partial charge >= 0.3 is 5.82 Å². The third-order valence-corrected chi connectivity index (χ3v) is 1.59. The molecule has 0 saturated heterocycles. The summed E-state index contributed by atoms with van der Waals surface area (Å²) < 4.78 is 0. The van der Waals surface area contributed by atoms with Gasteiger partial charge in [-0.25, -0.2) is 0 Å². The largest absolute Gasteiger partial charge is 0.501 e. The maximum atomic E-state index is 10.2. The molecule has 0 aliphatic rings. The lowest BCUT2D eigenvalue weighted by molar-refractivity contribution is -0.390. The lowest BCUT2D eigenvalue weighted by Crippen LogP contribution is -1.94. The summed E-state index contributed by atoms with van der Waals surface area (Å²) in [5, 5.41) is 19.4. The Labute approximate surface area is 72.8 Å². The summed E-state index contributed by atoms with van der Waals surface area (Å²) in [7, 11) is 0. The standard InChI is InChI=1S/C6H5ClN2O3/c7-3-4-1-2-8-6(5(4)10)9(11)12/h1-2,10H,3H2. The number of nitro groups is 1. The number of hydrogen-bond acceptors (Lipinski definition) is 4. The lowest BCUT2D eigenvalue weighted by atomic mass is 10.2. The first kappa shape index (κ1) is 8.73. The van der Waals surface area contributed by atoms with Crippen LogP contribution in [-0.2, 0) is 5.88 Å². The van der Waals surface area contributed by atoms with E-state index in [9.17, 15) is 15.2 Å². The van der Waals surface area contributed by atoms with Gasteiger partial charge in [0.25, 0.3) is 0 Å². The van der Waals surface area contributed by atoms with Gasteiger partial charge in [0, 0.05) is 5.56 Å². The molecule has 0 aromatic carbocycles. The molecule has 1 N–H and O–H groups in total. The summed E-state index contributed by atoms with van der Waals surface area (Å²) in [6.45, 7) is 0. The molecular formula is C6H5ClN2O3. The van der Waals surface area contributed by atoms with Gasteiger partial charge in [0.15, 0.2) is 0 Å². The second-order valence-electron chi connectivity index (χ2n) is 2.03. The Morgan fingerprint density at radius 3 is 2.92 bits per heavy atom. The van der Waals surface area contributed by atoms with E-state index in [-0.39, 0.29) is 5.88 Å². The van der Waals surface area contributed by atoms with Crippen molar-refractivity contribution in [3.05, 3.63) is 27.9 Å². The molecule has 0 radical (unpaired) electrons. The van der Waals surface area contributed by atoms with E-state index in [1.54, 1.807) is 0 Å². The highest BCUT2D eigenvalue weighted by molar-refractivity contribution is 6.17. The highest BCUT2D eigenvalue weighted by Gasteiger charge is 2.17. The van der Waals surface area contributed by atoms with Crippen LogP contribution in [0.2, 0.25) is 0 Å². The quantitative estimate of drug-likeness (QED) is 0.433. The lowest BCUT2D eigenvalue weighted by Gasteiger charge is -1.98. The number of aromatic nitrogens is 1. The minimum absolute atomic E-state index is 0.0230. The molecule has 0 amide bonds. The molecule has 1 aromatic heterocycles. The van der Waals surface area contributed by atoms with E-state index in [1.165, 1.54) is 12.3 Å². The molecule has 0 aliphatic heterocycles. The zero-order chi connectivity index (χ0) is 9.14. The number of alkyl halides is 1. The van der Waals surface area contributed by atoms with E-state index >= 15 is 0 Å². The Morgan fingerprint density at radius 2 is 2.42 bits per heavy atom. The number of aromatic hydroxyl groups is 1. The normalized spacial score (nSPS) is 9.75. The van der Waals surface area contributed by atoms with Crippen LogP contribution in [0.15, 0.2) is 12.3 Å². The Kier molecular flexibility index (Phi) is 2.44. The van der Waals surface area contributed by atoms with Crippen molar-refractivity contribution in [2.24, 2.45) is 0 Å². The predicted molar refractivity (Wildman–Crippen MR) is 42.1 cm³/mol. The van der Waals surface area contributed by atoms with E-state index in [0.29, 0.717) is 5.56 Å². The van der Waals surface area contributed by atoms with Gasteiger partial charge in [-0.1, -0.05) is 0 Å². The third kappa shape index (κ3) is 1.45. The average molecular weight is 189 g/mol. The second-order valence-corrected chi connectivity index (χ2v) is 2.30. The van der Waals surface area contributed by atoms with E-state index in [1.807, 2.05) is 0 Å². The van der Waals surface area contributed by atoms with Crippen LogP contribution in [0.1, 0.15) is 5.56 Å². The van der Waals surface area contributed by atoms with E-state index in [2.05, 4.69) is 4.98 Å². The molecule has 1 heterocycles. The fourth-order valence-electron chi connectivity index (χ4n) is 0.723. The summed E-state index contributed by atoms with van der Waals surface area (Å²) in [4.78, 5) is 12.9. The summed E-state index contributed by atoms with van der Waals surface area (Å²) in [5.74, 6) is -1.000. The van der Waals surface area contributed by atoms with Gasteiger partial charge in [-0.15, -0.1) is 11.6 Å². The van der Waals surface area contributed by atoms with Crippen molar-refractivity contribution in [2.75, 3.05) is 0 Å². The predicted octanol–water partition coefficient (Wildman–Crippen LogP) is 1.43. The molecule has 1 aromatic rings. The van der Waals surface area contributed by atoms with Gasteiger partial charge in [-0.3, -0.25) is 0 Å². The fraction of sp³-hybridized carbons (Fsp3) is 0.167. The van der Waals surface area contributed by atoms with Crippen molar-refractivity contribution in [3.8, 4) is 5.75 Å². The Bertz CT molecular complexity index is 316. The van der Waals surface area contributed by atoms with Crippen molar-refractivity contribution in [1.82, 2.24) is 4.98 Å². The van der Waals surface area contributed by atoms with Gasteiger partial charge < -0.3 is 15.2 Å². The van der Waals surface area contributed by atoms with Crippen LogP contribution in [0, 0.1) is 10.1 Å². The molecule has 64 valence electrons. The smallest absolute Gasteiger partial charge is 0.406 e. The molecule has 6 heteroatoms. The van der Waals surface area contributed by atoms with Crippen LogP contribution >= 0.6 is 11.6 Å². The van der Waals surface area contributed by atoms with Crippen molar-refractivity contribution in [2.45, 2.75) is 5.88 Å². The summed E-state index contributed by atoms with van der Waals surface area (Å²) >= 11 is 5.40. The van der Waals surface area contributed by atoms with Crippen LogP contribution in [0.4, 0.5) is 5.82 Å². The van der Waals surface area contributed by atoms with Crippen molar-refractivity contribution >= 4 is 17.4 Å². The third-order valence-electron chi connectivity index (χ3n) is 1.31. The molecule has 0 atom stereocenters. The number of rotatable bonds is 2. The van der Waals surface area contributed by atoms with Crippen LogP contribution in [-0.4, -0.2) is 15.0 Å². The monoisotopic (exact) mass is 188 g/mol. The molecule has 0 bridgehead atoms. The summed E-state index contributed by atoms with van der Waals surface area (Å²) in [5.41, 5.74) is 0.304. The highest BCUT2D eigenvalue weighted by atomic mass is 35.5. The maximum Gasteiger partial charge on any atom is 0.406 e. The molecule has 5 nitrogen and oxygen atoms in total. The zero-order valence-electron chi connectivity index (χ0n) is 5.90. The van der Waals surface area contributed by atoms with Crippen LogP contribution < -0.4 is 0 Å². The molecule has 12 heavy (non-hydrogen) atoms. The van der Waals surface area contributed by atoms with Crippen LogP contribution in [0.25, 0.3) is 0 Å². The van der Waals surface area contributed by atoms with E-state index in [0.717, 1.165) is 0 Å². The number of halogens is 1. The van der Waals surface area contributed by atoms with Gasteiger partial charge in [0.1, 0.15) is 6.20 Å². The molecule has 0 saturated carbocycles. The molecular weight excluding hydrogens is 184 g/mol. The minimum Gasteiger partial charge on any atom is -0.501 e. The molecule has 0 fully saturated rings. The van der Waals surface area contributed by atoms with Crippen LogP contribution in [0.5, 0.6) is 5.75 Å². The van der Waals surface area contributed by atoms with Gasteiger partial charge in [-0.2, -0.15) is 0 Å². The summed E-state index contributed by atoms with van der Waals surface area (Å²) in [6, 6.07) is 1.43. The van der Waals surface area contributed by atoms with E-state index in [4.69, 9.17) is 11.6 Å². The first-order chi connectivity index (χ1) is 5.66. The molecule has 0 unspecified atom stereocenters. The zero-order valence-corrected chi connectivity index (χ0v) is 6.65. The highest BCUT2D eigenvalue weighted by Crippen LogP contribution is 2.27. The summed E-state index contributed by atoms with van der Waals surface area (Å²) in [6.07, 6.45) is 1.23. The van der Waals surface area contributed by atoms with Crippen molar-refractivity contribution in [1.29, 1.82) is 0 Å². The Balaban J connectivity index is 3.23. The van der Waals surface area contributed by atoms with Crippen molar-refractivity contribution in [3.63, 3.8) is 0 Å². The number of nitrogens with zero attached hydrogens (tertiary/aromatic N) is 2. The Morgan fingerprint density at radius 1 is 1.75 bits per heavy atom. The fourth-order valence-corrected chi connectivity index (χ4v) is 0.939. The number of hydrogen-bond donors (Lipinski definition) is 1. The molecule has 0 spiro atoms. The first-order valence-electron chi connectivity index (χ1n) is 3.04. The average Bonchev–Trinajstić information content (AvgIpc) is 2.04. The maximum absolute atomic E-state index is 10.2.